The second-order valence-electron chi connectivity index (χ2n) is 5.07. The third-order valence-corrected chi connectivity index (χ3v) is 4.78. The van der Waals surface area contributed by atoms with Gasteiger partial charge in [0.15, 0.2) is 5.17 Å². The van der Waals surface area contributed by atoms with Crippen LogP contribution in [0, 0.1) is 0 Å². The van der Waals surface area contributed by atoms with Crippen molar-refractivity contribution < 1.29 is 14.3 Å². The summed E-state index contributed by atoms with van der Waals surface area (Å²) in [5.41, 5.74) is 2.04. The molecule has 0 aromatic heterocycles. The van der Waals surface area contributed by atoms with Crippen LogP contribution in [0.2, 0.25) is 0 Å². The number of halogens is 1. The largest absolute Gasteiger partial charge is 0.465 e. The number of amides is 1. The van der Waals surface area contributed by atoms with Crippen molar-refractivity contribution in [2.75, 3.05) is 7.11 Å². The third kappa shape index (κ3) is 4.37. The summed E-state index contributed by atoms with van der Waals surface area (Å²) in [7, 11) is 1.34. The number of aliphatic imine (C=N–C) groups is 1. The molecule has 3 rings (SSSR count). The Morgan fingerprint density at radius 1 is 1.16 bits per heavy atom. The molecular formula is C18H13BrN2O3S. The minimum Gasteiger partial charge on any atom is -0.465 e. The molecule has 7 heteroatoms. The Labute approximate surface area is 157 Å². The number of thioether (sulfide) groups is 1. The average molecular weight is 417 g/mol. The van der Waals surface area contributed by atoms with Crippen molar-refractivity contribution in [3.63, 3.8) is 0 Å². The molecular weight excluding hydrogens is 404 g/mol. The molecule has 2 aromatic rings. The monoisotopic (exact) mass is 416 g/mol. The molecule has 1 aliphatic rings. The highest BCUT2D eigenvalue weighted by atomic mass is 79.9. The summed E-state index contributed by atoms with van der Waals surface area (Å²) in [6, 6.07) is 14.3. The molecule has 126 valence electrons. The van der Waals surface area contributed by atoms with Gasteiger partial charge < -0.3 is 10.1 Å². The van der Waals surface area contributed by atoms with E-state index in [1.165, 1.54) is 18.9 Å². The number of nitrogens with zero attached hydrogens (tertiary/aromatic N) is 1. The molecule has 2 aromatic carbocycles. The van der Waals surface area contributed by atoms with Gasteiger partial charge >= 0.3 is 5.97 Å². The number of methoxy groups -OCH3 is 1. The summed E-state index contributed by atoms with van der Waals surface area (Å²) in [5.74, 6) is -0.589. The van der Waals surface area contributed by atoms with Gasteiger partial charge in [-0.25, -0.2) is 9.79 Å². The number of hydrogen-bond donors (Lipinski definition) is 1. The molecule has 0 atom stereocenters. The number of hydrogen-bond acceptors (Lipinski definition) is 5. The maximum absolute atomic E-state index is 12.1. The Hall–Kier alpha value is -2.38. The van der Waals surface area contributed by atoms with E-state index in [0.29, 0.717) is 15.6 Å². The molecule has 0 unspecified atom stereocenters. The number of esters is 1. The highest BCUT2D eigenvalue weighted by Crippen LogP contribution is 2.28. The predicted molar refractivity (Wildman–Crippen MR) is 103 cm³/mol. The van der Waals surface area contributed by atoms with Gasteiger partial charge in [0.25, 0.3) is 5.91 Å². The fraction of sp³-hybridized carbons (Fsp3) is 0.0556. The number of benzene rings is 2. The molecule has 0 aliphatic carbocycles. The summed E-state index contributed by atoms with van der Waals surface area (Å²) >= 11 is 4.65. The van der Waals surface area contributed by atoms with Crippen molar-refractivity contribution in [3.05, 3.63) is 69.0 Å². The Bertz CT molecular complexity index is 874. The molecule has 1 heterocycles. The van der Waals surface area contributed by atoms with E-state index in [0.717, 1.165) is 15.7 Å². The number of ether oxygens (including phenoxy) is 1. The number of rotatable bonds is 3. The van der Waals surface area contributed by atoms with Gasteiger partial charge in [0, 0.05) is 4.47 Å². The lowest BCUT2D eigenvalue weighted by Gasteiger charge is -1.99. The summed E-state index contributed by atoms with van der Waals surface area (Å²) in [6.07, 6.45) is 1.76. The SMILES string of the molecule is COC(=O)c1ccc(/C=C2/SC(=Nc3ccc(Br)cc3)NC2=O)cc1. The normalized spacial score (nSPS) is 17.0. The molecule has 5 nitrogen and oxygen atoms in total. The van der Waals surface area contributed by atoms with E-state index in [9.17, 15) is 9.59 Å². The average Bonchev–Trinajstić information content (AvgIpc) is 2.96. The maximum atomic E-state index is 12.1. The molecule has 0 spiro atoms. The molecule has 0 bridgehead atoms. The second-order valence-corrected chi connectivity index (χ2v) is 7.02. The van der Waals surface area contributed by atoms with E-state index in [2.05, 4.69) is 31.0 Å². The second kappa shape index (κ2) is 7.67. The number of carbonyl (C=O) groups is 2. The van der Waals surface area contributed by atoms with Crippen molar-refractivity contribution in [3.8, 4) is 0 Å². The van der Waals surface area contributed by atoms with Gasteiger partial charge in [0.05, 0.1) is 23.3 Å². The zero-order valence-corrected chi connectivity index (χ0v) is 15.6. The molecule has 1 amide bonds. The molecule has 1 fully saturated rings. The van der Waals surface area contributed by atoms with Gasteiger partial charge in [0.1, 0.15) is 0 Å². The van der Waals surface area contributed by atoms with E-state index >= 15 is 0 Å². The van der Waals surface area contributed by atoms with Crippen molar-refractivity contribution >= 4 is 56.5 Å². The zero-order valence-electron chi connectivity index (χ0n) is 13.2. The summed E-state index contributed by atoms with van der Waals surface area (Å²) in [4.78, 5) is 28.5. The van der Waals surface area contributed by atoms with Crippen LogP contribution in [0.15, 0.2) is 62.9 Å². The van der Waals surface area contributed by atoms with E-state index in [4.69, 9.17) is 0 Å². The highest BCUT2D eigenvalue weighted by Gasteiger charge is 2.23. The minimum atomic E-state index is -0.392. The lowest BCUT2D eigenvalue weighted by Crippen LogP contribution is -2.19. The first kappa shape index (κ1) is 17.4. The Kier molecular flexibility index (Phi) is 5.35. The maximum Gasteiger partial charge on any atom is 0.337 e. The number of amidine groups is 1. The van der Waals surface area contributed by atoms with Crippen molar-refractivity contribution in [2.24, 2.45) is 4.99 Å². The van der Waals surface area contributed by atoms with Gasteiger partial charge in [-0.3, -0.25) is 4.79 Å². The van der Waals surface area contributed by atoms with Crippen LogP contribution in [0.3, 0.4) is 0 Å². The van der Waals surface area contributed by atoms with Crippen molar-refractivity contribution in [1.29, 1.82) is 0 Å². The molecule has 0 radical (unpaired) electrons. The van der Waals surface area contributed by atoms with Crippen LogP contribution in [-0.2, 0) is 9.53 Å². The summed E-state index contributed by atoms with van der Waals surface area (Å²) in [5, 5.41) is 3.28. The van der Waals surface area contributed by atoms with Gasteiger partial charge in [-0.2, -0.15) is 0 Å². The Morgan fingerprint density at radius 3 is 2.48 bits per heavy atom. The van der Waals surface area contributed by atoms with Crippen LogP contribution in [0.4, 0.5) is 5.69 Å². The quantitative estimate of drug-likeness (QED) is 0.603. The highest BCUT2D eigenvalue weighted by molar-refractivity contribution is 9.10. The van der Waals surface area contributed by atoms with Crippen LogP contribution in [0.5, 0.6) is 0 Å². The smallest absolute Gasteiger partial charge is 0.337 e. The van der Waals surface area contributed by atoms with Gasteiger partial charge in [-0.1, -0.05) is 28.1 Å². The third-order valence-electron chi connectivity index (χ3n) is 3.34. The van der Waals surface area contributed by atoms with Gasteiger partial charge in [-0.15, -0.1) is 0 Å². The first-order chi connectivity index (χ1) is 12.0. The molecule has 1 saturated heterocycles. The van der Waals surface area contributed by atoms with Crippen LogP contribution in [0.1, 0.15) is 15.9 Å². The Morgan fingerprint density at radius 2 is 1.84 bits per heavy atom. The standard InChI is InChI=1S/C18H13BrN2O3S/c1-24-17(23)12-4-2-11(3-5-12)10-15-16(22)21-18(25-15)20-14-8-6-13(19)7-9-14/h2-10H,1H3,(H,20,21,22)/b15-10+. The van der Waals surface area contributed by atoms with E-state index in [1.54, 1.807) is 30.3 Å². The molecule has 1 aliphatic heterocycles. The topological polar surface area (TPSA) is 67.8 Å². The van der Waals surface area contributed by atoms with Crippen LogP contribution >= 0.6 is 27.7 Å². The fourth-order valence-corrected chi connectivity index (χ4v) is 3.20. The predicted octanol–water partition coefficient (Wildman–Crippen LogP) is 4.13. The van der Waals surface area contributed by atoms with Crippen LogP contribution < -0.4 is 5.32 Å². The fourth-order valence-electron chi connectivity index (χ4n) is 2.10. The van der Waals surface area contributed by atoms with Crippen molar-refractivity contribution in [1.82, 2.24) is 5.32 Å². The summed E-state index contributed by atoms with van der Waals surface area (Å²) < 4.78 is 5.63. The number of carbonyl (C=O) groups excluding carboxylic acids is 2. The summed E-state index contributed by atoms with van der Waals surface area (Å²) in [6.45, 7) is 0. The molecule has 1 N–H and O–H groups in total. The first-order valence-corrected chi connectivity index (χ1v) is 8.89. The lowest BCUT2D eigenvalue weighted by atomic mass is 10.1. The Balaban J connectivity index is 1.77. The van der Waals surface area contributed by atoms with E-state index < -0.39 is 5.97 Å². The van der Waals surface area contributed by atoms with Crippen molar-refractivity contribution in [2.45, 2.75) is 0 Å². The minimum absolute atomic E-state index is 0.196. The van der Waals surface area contributed by atoms with Crippen LogP contribution in [0.25, 0.3) is 6.08 Å². The van der Waals surface area contributed by atoms with Crippen LogP contribution in [-0.4, -0.2) is 24.2 Å². The van der Waals surface area contributed by atoms with E-state index in [1.807, 2.05) is 24.3 Å². The van der Waals surface area contributed by atoms with Gasteiger partial charge in [-0.05, 0) is 59.8 Å². The number of nitrogens with one attached hydrogen (secondary N) is 1. The molecule has 0 saturated carbocycles. The van der Waals surface area contributed by atoms with Gasteiger partial charge in [0.2, 0.25) is 0 Å². The van der Waals surface area contributed by atoms with E-state index in [-0.39, 0.29) is 5.91 Å². The first-order valence-electron chi connectivity index (χ1n) is 7.29. The zero-order chi connectivity index (χ0) is 17.8. The lowest BCUT2D eigenvalue weighted by molar-refractivity contribution is -0.115. The molecule has 25 heavy (non-hydrogen) atoms.